The Balaban J connectivity index is 1.51. The predicted octanol–water partition coefficient (Wildman–Crippen LogP) is 1.79. The van der Waals surface area contributed by atoms with Gasteiger partial charge in [0.25, 0.3) is 0 Å². The number of benzene rings is 1. The van der Waals surface area contributed by atoms with Crippen LogP contribution in [0.15, 0.2) is 36.7 Å². The molecule has 144 valence electrons. The lowest BCUT2D eigenvalue weighted by Crippen LogP contribution is -2.46. The number of aromatic nitrogens is 3. The number of hydrogen-bond donors (Lipinski definition) is 1. The number of likely N-dealkylation sites (tertiary alicyclic amines) is 1. The Hall–Kier alpha value is -2.70. The largest absolute Gasteiger partial charge is 0.348 e. The fraction of sp³-hybridized carbons (Fsp3) is 0.500. The van der Waals surface area contributed by atoms with Crippen LogP contribution in [0.2, 0.25) is 0 Å². The first kappa shape index (κ1) is 19.1. The molecule has 0 spiro atoms. The zero-order chi connectivity index (χ0) is 19.1. The summed E-state index contributed by atoms with van der Waals surface area (Å²) in [5.74, 6) is 0.718. The van der Waals surface area contributed by atoms with Gasteiger partial charge in [-0.25, -0.2) is 0 Å². The highest BCUT2D eigenvalue weighted by Gasteiger charge is 2.30. The van der Waals surface area contributed by atoms with Gasteiger partial charge in [0.1, 0.15) is 6.33 Å². The number of amides is 2. The number of hydrogen-bond acceptors (Lipinski definition) is 4. The lowest BCUT2D eigenvalue weighted by molar-refractivity contribution is -0.138. The van der Waals surface area contributed by atoms with Crippen LogP contribution >= 0.6 is 0 Å². The third-order valence-electron chi connectivity index (χ3n) is 4.97. The molecular formula is C20H27N5O2. The van der Waals surface area contributed by atoms with Gasteiger partial charge in [0.15, 0.2) is 5.82 Å². The van der Waals surface area contributed by atoms with Gasteiger partial charge < -0.3 is 14.8 Å². The average molecular weight is 369 g/mol. The molecule has 2 heterocycles. The maximum absolute atomic E-state index is 12.6. The van der Waals surface area contributed by atoms with Gasteiger partial charge in [0.05, 0.1) is 12.5 Å². The van der Waals surface area contributed by atoms with E-state index in [0.29, 0.717) is 32.5 Å². The van der Waals surface area contributed by atoms with Crippen LogP contribution in [0.5, 0.6) is 0 Å². The first-order chi connectivity index (χ1) is 13.2. The molecule has 1 fully saturated rings. The Morgan fingerprint density at radius 2 is 2.07 bits per heavy atom. The molecule has 1 aliphatic heterocycles. The molecule has 2 aromatic rings. The van der Waals surface area contributed by atoms with Crippen molar-refractivity contribution in [2.45, 2.75) is 45.7 Å². The zero-order valence-corrected chi connectivity index (χ0v) is 15.8. The summed E-state index contributed by atoms with van der Waals surface area (Å²) in [5.41, 5.74) is 1.20. The predicted molar refractivity (Wildman–Crippen MR) is 102 cm³/mol. The summed E-state index contributed by atoms with van der Waals surface area (Å²) in [7, 11) is 0. The molecule has 1 aromatic heterocycles. The van der Waals surface area contributed by atoms with Crippen LogP contribution in [0.4, 0.5) is 0 Å². The fourth-order valence-electron chi connectivity index (χ4n) is 3.41. The number of carbonyl (C=O) groups is 2. The summed E-state index contributed by atoms with van der Waals surface area (Å²) < 4.78 is 1.96. The van der Waals surface area contributed by atoms with Crippen LogP contribution in [0, 0.1) is 5.92 Å². The van der Waals surface area contributed by atoms with Crippen molar-refractivity contribution in [3.8, 4) is 0 Å². The van der Waals surface area contributed by atoms with Crippen molar-refractivity contribution in [2.24, 2.45) is 5.92 Å². The zero-order valence-electron chi connectivity index (χ0n) is 15.8. The Morgan fingerprint density at radius 1 is 1.26 bits per heavy atom. The van der Waals surface area contributed by atoms with Crippen molar-refractivity contribution in [2.75, 3.05) is 13.1 Å². The molecule has 7 heteroatoms. The second-order valence-corrected chi connectivity index (χ2v) is 6.97. The summed E-state index contributed by atoms with van der Waals surface area (Å²) in [4.78, 5) is 26.6. The van der Waals surface area contributed by atoms with Crippen molar-refractivity contribution in [3.05, 3.63) is 48.0 Å². The van der Waals surface area contributed by atoms with Crippen molar-refractivity contribution >= 4 is 11.8 Å². The second kappa shape index (κ2) is 9.30. The third kappa shape index (κ3) is 5.15. The summed E-state index contributed by atoms with van der Waals surface area (Å²) in [6.07, 6.45) is 4.52. The number of rotatable bonds is 8. The Labute approximate surface area is 159 Å². The monoisotopic (exact) mass is 369 g/mol. The minimum absolute atomic E-state index is 0.0155. The van der Waals surface area contributed by atoms with E-state index in [9.17, 15) is 9.59 Å². The molecule has 0 bridgehead atoms. The summed E-state index contributed by atoms with van der Waals surface area (Å²) in [5, 5.41) is 11.0. The van der Waals surface area contributed by atoms with E-state index in [1.807, 2.05) is 27.7 Å². The normalized spacial score (nSPS) is 17.1. The molecule has 3 rings (SSSR count). The molecule has 1 unspecified atom stereocenters. The lowest BCUT2D eigenvalue weighted by atomic mass is 9.96. The van der Waals surface area contributed by atoms with E-state index >= 15 is 0 Å². The first-order valence-electron chi connectivity index (χ1n) is 9.63. The van der Waals surface area contributed by atoms with Crippen LogP contribution in [0.25, 0.3) is 0 Å². The molecular weight excluding hydrogens is 342 g/mol. The van der Waals surface area contributed by atoms with E-state index in [-0.39, 0.29) is 17.7 Å². The van der Waals surface area contributed by atoms with Gasteiger partial charge in [0, 0.05) is 26.1 Å². The molecule has 2 amide bonds. The number of carbonyl (C=O) groups excluding carboxylic acids is 2. The van der Waals surface area contributed by atoms with Gasteiger partial charge in [-0.3, -0.25) is 9.59 Å². The van der Waals surface area contributed by atoms with Crippen LogP contribution in [-0.4, -0.2) is 44.6 Å². The van der Waals surface area contributed by atoms with Gasteiger partial charge >= 0.3 is 0 Å². The number of nitrogens with one attached hydrogen (secondary N) is 1. The molecule has 1 atom stereocenters. The number of nitrogens with zero attached hydrogens (tertiary/aromatic N) is 4. The van der Waals surface area contributed by atoms with Crippen LogP contribution < -0.4 is 5.32 Å². The smallest absolute Gasteiger partial charge is 0.225 e. The van der Waals surface area contributed by atoms with Gasteiger partial charge in [-0.2, -0.15) is 0 Å². The molecule has 1 aliphatic rings. The Morgan fingerprint density at radius 3 is 2.85 bits per heavy atom. The second-order valence-electron chi connectivity index (χ2n) is 6.97. The molecule has 1 aromatic carbocycles. The molecule has 0 saturated carbocycles. The third-order valence-corrected chi connectivity index (χ3v) is 4.97. The van der Waals surface area contributed by atoms with E-state index in [2.05, 4.69) is 34.6 Å². The van der Waals surface area contributed by atoms with E-state index < -0.39 is 0 Å². The maximum Gasteiger partial charge on any atom is 0.225 e. The highest BCUT2D eigenvalue weighted by Crippen LogP contribution is 2.18. The van der Waals surface area contributed by atoms with Crippen molar-refractivity contribution < 1.29 is 9.59 Å². The van der Waals surface area contributed by atoms with Crippen molar-refractivity contribution in [3.63, 3.8) is 0 Å². The minimum atomic E-state index is -0.166. The van der Waals surface area contributed by atoms with Gasteiger partial charge in [-0.1, -0.05) is 37.3 Å². The van der Waals surface area contributed by atoms with Crippen LogP contribution in [-0.2, 0) is 29.1 Å². The lowest BCUT2D eigenvalue weighted by Gasteiger charge is -2.32. The van der Waals surface area contributed by atoms with E-state index in [1.165, 1.54) is 5.56 Å². The van der Waals surface area contributed by atoms with Crippen molar-refractivity contribution in [1.82, 2.24) is 25.0 Å². The van der Waals surface area contributed by atoms with E-state index in [1.54, 1.807) is 6.33 Å². The molecule has 27 heavy (non-hydrogen) atoms. The minimum Gasteiger partial charge on any atom is -0.348 e. The molecule has 7 nitrogen and oxygen atoms in total. The fourth-order valence-corrected chi connectivity index (χ4v) is 3.41. The summed E-state index contributed by atoms with van der Waals surface area (Å²) in [6.45, 7) is 4.43. The SMILES string of the molecule is CCCn1cnnc1CNC(=O)C1CCC(=O)N(CCc2ccccc2)C1. The number of aryl methyl sites for hydroxylation is 1. The Bertz CT molecular complexity index is 759. The molecule has 1 saturated heterocycles. The van der Waals surface area contributed by atoms with Gasteiger partial charge in [-0.05, 0) is 24.8 Å². The highest BCUT2D eigenvalue weighted by atomic mass is 16.2. The molecule has 0 aliphatic carbocycles. The molecule has 1 N–H and O–H groups in total. The quantitative estimate of drug-likeness (QED) is 0.769. The van der Waals surface area contributed by atoms with Crippen LogP contribution in [0.3, 0.4) is 0 Å². The topological polar surface area (TPSA) is 80.1 Å². The summed E-state index contributed by atoms with van der Waals surface area (Å²) in [6, 6.07) is 10.1. The first-order valence-corrected chi connectivity index (χ1v) is 9.63. The maximum atomic E-state index is 12.6. The van der Waals surface area contributed by atoms with E-state index in [4.69, 9.17) is 0 Å². The average Bonchev–Trinajstić information content (AvgIpc) is 3.14. The molecule has 0 radical (unpaired) electrons. The van der Waals surface area contributed by atoms with E-state index in [0.717, 1.165) is 25.2 Å². The summed E-state index contributed by atoms with van der Waals surface area (Å²) >= 11 is 0. The number of piperidine rings is 1. The van der Waals surface area contributed by atoms with Crippen molar-refractivity contribution in [1.29, 1.82) is 0 Å². The van der Waals surface area contributed by atoms with Crippen LogP contribution in [0.1, 0.15) is 37.6 Å². The van der Waals surface area contributed by atoms with Gasteiger partial charge in [-0.15, -0.1) is 10.2 Å². The Kier molecular flexibility index (Phi) is 6.57. The van der Waals surface area contributed by atoms with Gasteiger partial charge in [0.2, 0.25) is 11.8 Å². The standard InChI is InChI=1S/C20H27N5O2/c1-2-11-25-15-22-23-18(25)13-21-20(27)17-8-9-19(26)24(14-17)12-10-16-6-4-3-5-7-16/h3-7,15,17H,2,8-14H2,1H3,(H,21,27). The highest BCUT2D eigenvalue weighted by molar-refractivity contribution is 5.83.